The van der Waals surface area contributed by atoms with Gasteiger partial charge in [-0.05, 0) is 42.2 Å². The second-order valence-corrected chi connectivity index (χ2v) is 8.06. The number of oxime groups is 1. The second kappa shape index (κ2) is 12.8. The Morgan fingerprint density at radius 2 is 1.74 bits per heavy atom. The van der Waals surface area contributed by atoms with E-state index in [0.29, 0.717) is 26.1 Å². The zero-order valence-electron chi connectivity index (χ0n) is 20.5. The molecular formula is C26H32N2O7. The number of methoxy groups -OCH3 is 3. The van der Waals surface area contributed by atoms with Crippen LogP contribution >= 0.6 is 0 Å². The normalized spacial score (nSPS) is 15.1. The van der Waals surface area contributed by atoms with Gasteiger partial charge >= 0.3 is 5.97 Å². The molecular weight excluding hydrogens is 452 g/mol. The van der Waals surface area contributed by atoms with Gasteiger partial charge in [-0.1, -0.05) is 29.4 Å². The average molecular weight is 485 g/mol. The third-order valence-corrected chi connectivity index (χ3v) is 5.93. The van der Waals surface area contributed by atoms with Gasteiger partial charge in [0.1, 0.15) is 30.4 Å². The molecule has 1 N–H and O–H groups in total. The number of nitrogens with zero attached hydrogens (tertiary/aromatic N) is 1. The molecule has 9 heteroatoms. The first-order valence-corrected chi connectivity index (χ1v) is 11.4. The second-order valence-electron chi connectivity index (χ2n) is 8.06. The third-order valence-electron chi connectivity index (χ3n) is 5.93. The van der Waals surface area contributed by atoms with Crippen LogP contribution in [-0.4, -0.2) is 65.3 Å². The van der Waals surface area contributed by atoms with E-state index in [4.69, 9.17) is 23.8 Å². The lowest BCUT2D eigenvalue weighted by Gasteiger charge is -2.24. The van der Waals surface area contributed by atoms with Crippen molar-refractivity contribution in [3.05, 3.63) is 48.0 Å². The highest BCUT2D eigenvalue weighted by Gasteiger charge is 2.30. The molecule has 0 bridgehead atoms. The van der Waals surface area contributed by atoms with E-state index >= 15 is 0 Å². The van der Waals surface area contributed by atoms with Crippen LogP contribution in [-0.2, 0) is 30.3 Å². The number of carbonyl (C=O) groups excluding carboxylic acids is 2. The van der Waals surface area contributed by atoms with Gasteiger partial charge < -0.3 is 29.1 Å². The van der Waals surface area contributed by atoms with Crippen molar-refractivity contribution >= 4 is 17.6 Å². The van der Waals surface area contributed by atoms with E-state index in [1.807, 2.05) is 42.5 Å². The van der Waals surface area contributed by atoms with Crippen molar-refractivity contribution in [3.8, 4) is 22.6 Å². The minimum absolute atomic E-state index is 0.0980. The van der Waals surface area contributed by atoms with Crippen LogP contribution in [0, 0.1) is 5.92 Å². The first-order chi connectivity index (χ1) is 17.0. The van der Waals surface area contributed by atoms with Gasteiger partial charge in [-0.3, -0.25) is 4.79 Å². The van der Waals surface area contributed by atoms with Crippen molar-refractivity contribution in [1.82, 2.24) is 5.32 Å². The van der Waals surface area contributed by atoms with Crippen LogP contribution in [0.1, 0.15) is 18.4 Å². The van der Waals surface area contributed by atoms with Gasteiger partial charge in [0.05, 0.1) is 21.3 Å². The van der Waals surface area contributed by atoms with Crippen molar-refractivity contribution in [2.75, 3.05) is 41.7 Å². The van der Waals surface area contributed by atoms with Crippen molar-refractivity contribution < 1.29 is 33.4 Å². The smallest absolute Gasteiger partial charge is 0.328 e. The number of benzene rings is 2. The molecule has 1 fully saturated rings. The van der Waals surface area contributed by atoms with E-state index in [0.717, 1.165) is 28.2 Å². The standard InChI is InChI=1S/C26H32N2O7/c1-31-20-9-10-23(32-2)21(16-20)18-7-5-17(6-8-18)15-22(26(30)33-3)27-25(29)24(28-34-4)19-11-13-35-14-12-19/h5-10,16,19,22H,11-15H2,1-4H3,(H,27,29)/t22-/m0/s1. The molecule has 35 heavy (non-hydrogen) atoms. The lowest BCUT2D eigenvalue weighted by Crippen LogP contribution is -2.47. The summed E-state index contributed by atoms with van der Waals surface area (Å²) >= 11 is 0. The molecule has 1 atom stereocenters. The Labute approximate surface area is 205 Å². The molecule has 0 aliphatic carbocycles. The fraction of sp³-hybridized carbons (Fsp3) is 0.423. The van der Waals surface area contributed by atoms with Gasteiger partial charge in [0, 0.05) is 31.1 Å². The van der Waals surface area contributed by atoms with Crippen molar-refractivity contribution in [2.45, 2.75) is 25.3 Å². The third kappa shape index (κ3) is 6.73. The number of carbonyl (C=O) groups is 2. The number of esters is 1. The summed E-state index contributed by atoms with van der Waals surface area (Å²) in [5.41, 5.74) is 2.91. The van der Waals surface area contributed by atoms with Crippen LogP contribution < -0.4 is 14.8 Å². The minimum atomic E-state index is -0.883. The van der Waals surface area contributed by atoms with E-state index in [1.165, 1.54) is 14.2 Å². The van der Waals surface area contributed by atoms with Crippen molar-refractivity contribution in [2.24, 2.45) is 11.1 Å². The minimum Gasteiger partial charge on any atom is -0.497 e. The molecule has 0 aromatic heterocycles. The summed E-state index contributed by atoms with van der Waals surface area (Å²) in [7, 11) is 5.91. The largest absolute Gasteiger partial charge is 0.497 e. The zero-order valence-corrected chi connectivity index (χ0v) is 20.5. The zero-order chi connectivity index (χ0) is 25.2. The predicted octanol–water partition coefficient (Wildman–Crippen LogP) is 3.00. The van der Waals surface area contributed by atoms with Crippen LogP contribution in [0.5, 0.6) is 11.5 Å². The monoisotopic (exact) mass is 484 g/mol. The highest BCUT2D eigenvalue weighted by atomic mass is 16.6. The van der Waals surface area contributed by atoms with Gasteiger partial charge in [0.2, 0.25) is 0 Å². The Balaban J connectivity index is 1.77. The van der Waals surface area contributed by atoms with Gasteiger partial charge in [0.15, 0.2) is 0 Å². The summed E-state index contributed by atoms with van der Waals surface area (Å²) in [6, 6.07) is 12.4. The van der Waals surface area contributed by atoms with Crippen molar-refractivity contribution in [3.63, 3.8) is 0 Å². The molecule has 188 valence electrons. The molecule has 1 aliphatic heterocycles. The van der Waals surface area contributed by atoms with E-state index in [9.17, 15) is 9.59 Å². The number of ether oxygens (including phenoxy) is 4. The molecule has 0 unspecified atom stereocenters. The quantitative estimate of drug-likeness (QED) is 0.314. The van der Waals surface area contributed by atoms with Crippen LogP contribution in [0.25, 0.3) is 11.1 Å². The Morgan fingerprint density at radius 1 is 1.03 bits per heavy atom. The highest BCUT2D eigenvalue weighted by molar-refractivity contribution is 6.39. The maximum atomic E-state index is 13.0. The van der Waals surface area contributed by atoms with E-state index in [1.54, 1.807) is 14.2 Å². The first-order valence-electron chi connectivity index (χ1n) is 11.4. The predicted molar refractivity (Wildman–Crippen MR) is 131 cm³/mol. The summed E-state index contributed by atoms with van der Waals surface area (Å²) in [6.45, 7) is 1.09. The highest BCUT2D eigenvalue weighted by Crippen LogP contribution is 2.33. The topological polar surface area (TPSA) is 105 Å². The summed E-state index contributed by atoms with van der Waals surface area (Å²) in [5, 5.41) is 6.72. The number of hydrogen-bond donors (Lipinski definition) is 1. The van der Waals surface area contributed by atoms with Gasteiger partial charge in [0.25, 0.3) is 5.91 Å². The van der Waals surface area contributed by atoms with E-state index in [2.05, 4.69) is 10.5 Å². The lowest BCUT2D eigenvalue weighted by atomic mass is 9.93. The Bertz CT molecular complexity index is 1030. The van der Waals surface area contributed by atoms with E-state index in [-0.39, 0.29) is 18.1 Å². The van der Waals surface area contributed by atoms with Crippen LogP contribution in [0.3, 0.4) is 0 Å². The maximum absolute atomic E-state index is 13.0. The number of hydrogen-bond acceptors (Lipinski definition) is 8. The van der Waals surface area contributed by atoms with Crippen molar-refractivity contribution in [1.29, 1.82) is 0 Å². The van der Waals surface area contributed by atoms with Crippen LogP contribution in [0.4, 0.5) is 0 Å². The van der Waals surface area contributed by atoms with Gasteiger partial charge in [-0.15, -0.1) is 0 Å². The number of rotatable bonds is 10. The molecule has 1 heterocycles. The maximum Gasteiger partial charge on any atom is 0.328 e. The molecule has 3 rings (SSSR count). The molecule has 1 amide bonds. The first kappa shape index (κ1) is 26.0. The Morgan fingerprint density at radius 3 is 2.34 bits per heavy atom. The molecule has 0 saturated carbocycles. The van der Waals surface area contributed by atoms with Gasteiger partial charge in [-0.25, -0.2) is 4.79 Å². The lowest BCUT2D eigenvalue weighted by molar-refractivity contribution is -0.144. The molecule has 1 saturated heterocycles. The number of nitrogens with one attached hydrogen (secondary N) is 1. The number of amides is 1. The summed E-state index contributed by atoms with van der Waals surface area (Å²) in [6.07, 6.45) is 1.57. The molecule has 0 radical (unpaired) electrons. The molecule has 2 aromatic rings. The average Bonchev–Trinajstić information content (AvgIpc) is 2.91. The van der Waals surface area contributed by atoms with Crippen LogP contribution in [0.15, 0.2) is 47.6 Å². The van der Waals surface area contributed by atoms with E-state index < -0.39 is 17.9 Å². The summed E-state index contributed by atoms with van der Waals surface area (Å²) in [4.78, 5) is 30.4. The molecule has 0 spiro atoms. The molecule has 1 aliphatic rings. The molecule has 2 aromatic carbocycles. The Kier molecular flexibility index (Phi) is 9.48. The fourth-order valence-corrected chi connectivity index (χ4v) is 4.03. The SMILES string of the molecule is CON=C(C(=O)N[C@@H](Cc1ccc(-c2cc(OC)ccc2OC)cc1)C(=O)OC)C1CCOCC1. The Hall–Kier alpha value is -3.59. The summed E-state index contributed by atoms with van der Waals surface area (Å²) in [5.74, 6) is 0.347. The molecule has 9 nitrogen and oxygen atoms in total. The van der Waals surface area contributed by atoms with Crippen LogP contribution in [0.2, 0.25) is 0 Å². The summed E-state index contributed by atoms with van der Waals surface area (Å²) < 4.78 is 21.1. The van der Waals surface area contributed by atoms with Gasteiger partial charge in [-0.2, -0.15) is 0 Å². The fourth-order valence-electron chi connectivity index (χ4n) is 4.03.